The van der Waals surface area contributed by atoms with E-state index in [1.54, 1.807) is 19.0 Å². The summed E-state index contributed by atoms with van der Waals surface area (Å²) in [5.41, 5.74) is 0. The predicted octanol–water partition coefficient (Wildman–Crippen LogP) is 1.66. The van der Waals surface area contributed by atoms with Gasteiger partial charge in [-0.25, -0.2) is 4.39 Å². The van der Waals surface area contributed by atoms with Crippen LogP contribution in [0.4, 0.5) is 4.39 Å². The van der Waals surface area contributed by atoms with E-state index in [2.05, 4.69) is 5.32 Å². The second kappa shape index (κ2) is 6.57. The lowest BCUT2D eigenvalue weighted by molar-refractivity contribution is 0.0998. The zero-order valence-electron chi connectivity index (χ0n) is 8.42. The zero-order chi connectivity index (χ0) is 8.97. The maximum absolute atomic E-state index is 13.2. The number of piperidine rings is 1. The predicted molar refractivity (Wildman–Crippen MR) is 56.0 cm³/mol. The van der Waals surface area contributed by atoms with Crippen LogP contribution >= 0.6 is 12.4 Å². The summed E-state index contributed by atoms with van der Waals surface area (Å²) < 4.78 is 13.2. The molecular weight excluding hydrogens is 191 g/mol. The minimum Gasteiger partial charge on any atom is -0.317 e. The molecule has 0 radical (unpaired) electrons. The van der Waals surface area contributed by atoms with Crippen molar-refractivity contribution in [2.75, 3.05) is 27.2 Å². The van der Waals surface area contributed by atoms with Crippen LogP contribution in [0.2, 0.25) is 0 Å². The molecule has 0 spiro atoms. The standard InChI is InChI=1S/C9H19FN2.ClH/c1-12(2)9(10)7-8-3-5-11-6-4-8;/h8-9,11H,3-7H2,1-2H3;1H. The van der Waals surface area contributed by atoms with Gasteiger partial charge in [0.2, 0.25) is 0 Å². The van der Waals surface area contributed by atoms with Crippen molar-refractivity contribution in [1.82, 2.24) is 10.2 Å². The average molecular weight is 211 g/mol. The third kappa shape index (κ3) is 4.79. The van der Waals surface area contributed by atoms with Crippen molar-refractivity contribution in [2.24, 2.45) is 5.92 Å². The summed E-state index contributed by atoms with van der Waals surface area (Å²) in [6.45, 7) is 2.12. The first kappa shape index (κ1) is 13.1. The number of rotatable bonds is 3. The molecule has 0 aliphatic carbocycles. The van der Waals surface area contributed by atoms with Crippen LogP contribution in [-0.4, -0.2) is 38.4 Å². The number of hydrogen-bond acceptors (Lipinski definition) is 2. The van der Waals surface area contributed by atoms with Gasteiger partial charge in [0.15, 0.2) is 6.30 Å². The van der Waals surface area contributed by atoms with E-state index in [9.17, 15) is 4.39 Å². The molecule has 13 heavy (non-hydrogen) atoms. The van der Waals surface area contributed by atoms with Gasteiger partial charge in [0, 0.05) is 0 Å². The lowest BCUT2D eigenvalue weighted by Crippen LogP contribution is -2.32. The highest BCUT2D eigenvalue weighted by Gasteiger charge is 2.19. The molecule has 1 atom stereocenters. The van der Waals surface area contributed by atoms with Crippen molar-refractivity contribution < 1.29 is 4.39 Å². The first-order valence-corrected chi connectivity index (χ1v) is 4.71. The van der Waals surface area contributed by atoms with Gasteiger partial charge in [0.05, 0.1) is 0 Å². The Hall–Kier alpha value is 0.140. The molecule has 1 heterocycles. The van der Waals surface area contributed by atoms with Crippen LogP contribution in [0.1, 0.15) is 19.3 Å². The van der Waals surface area contributed by atoms with Crippen LogP contribution in [0.3, 0.4) is 0 Å². The Kier molecular flexibility index (Phi) is 6.64. The molecule has 80 valence electrons. The summed E-state index contributed by atoms with van der Waals surface area (Å²) in [5.74, 6) is 0.587. The SMILES string of the molecule is CN(C)C(F)CC1CCNCC1.Cl. The van der Waals surface area contributed by atoms with Gasteiger partial charge in [-0.05, 0) is 52.4 Å². The highest BCUT2D eigenvalue weighted by Crippen LogP contribution is 2.19. The van der Waals surface area contributed by atoms with Gasteiger partial charge in [-0.3, -0.25) is 4.90 Å². The largest absolute Gasteiger partial charge is 0.317 e. The van der Waals surface area contributed by atoms with Gasteiger partial charge < -0.3 is 5.32 Å². The summed E-state index contributed by atoms with van der Waals surface area (Å²) in [5, 5.41) is 3.28. The van der Waals surface area contributed by atoms with E-state index in [4.69, 9.17) is 0 Å². The van der Waals surface area contributed by atoms with Crippen molar-refractivity contribution in [3.05, 3.63) is 0 Å². The van der Waals surface area contributed by atoms with Crippen molar-refractivity contribution in [3.8, 4) is 0 Å². The van der Waals surface area contributed by atoms with E-state index in [-0.39, 0.29) is 12.4 Å². The van der Waals surface area contributed by atoms with E-state index < -0.39 is 6.30 Å². The van der Waals surface area contributed by atoms with Crippen molar-refractivity contribution in [3.63, 3.8) is 0 Å². The molecule has 1 rings (SSSR count). The number of halogens is 2. The van der Waals surface area contributed by atoms with Gasteiger partial charge >= 0.3 is 0 Å². The van der Waals surface area contributed by atoms with Gasteiger partial charge in [-0.2, -0.15) is 0 Å². The highest BCUT2D eigenvalue weighted by atomic mass is 35.5. The van der Waals surface area contributed by atoms with Crippen LogP contribution in [-0.2, 0) is 0 Å². The Labute approximate surface area is 86.3 Å². The summed E-state index contributed by atoms with van der Waals surface area (Å²) in [7, 11) is 3.59. The van der Waals surface area contributed by atoms with E-state index in [0.717, 1.165) is 25.9 Å². The van der Waals surface area contributed by atoms with Gasteiger partial charge in [0.25, 0.3) is 0 Å². The summed E-state index contributed by atoms with van der Waals surface area (Å²) in [4.78, 5) is 1.65. The Morgan fingerprint density at radius 1 is 1.38 bits per heavy atom. The minimum atomic E-state index is -0.756. The van der Waals surface area contributed by atoms with E-state index in [1.165, 1.54) is 0 Å². The van der Waals surface area contributed by atoms with Crippen molar-refractivity contribution in [2.45, 2.75) is 25.6 Å². The molecule has 0 aromatic carbocycles. The average Bonchev–Trinajstić information content (AvgIpc) is 2.06. The van der Waals surface area contributed by atoms with Crippen LogP contribution in [0.5, 0.6) is 0 Å². The number of nitrogens with zero attached hydrogens (tertiary/aromatic N) is 1. The van der Waals surface area contributed by atoms with E-state index in [1.807, 2.05) is 0 Å². The first-order chi connectivity index (χ1) is 5.70. The van der Waals surface area contributed by atoms with Crippen LogP contribution in [0, 0.1) is 5.92 Å². The maximum atomic E-state index is 13.2. The lowest BCUT2D eigenvalue weighted by Gasteiger charge is -2.26. The van der Waals surface area contributed by atoms with Crippen molar-refractivity contribution in [1.29, 1.82) is 0 Å². The Bertz CT molecular complexity index is 127. The third-order valence-electron chi connectivity index (χ3n) is 2.55. The number of hydrogen-bond donors (Lipinski definition) is 1. The van der Waals surface area contributed by atoms with E-state index >= 15 is 0 Å². The molecule has 1 fully saturated rings. The summed E-state index contributed by atoms with van der Waals surface area (Å²) in [6, 6.07) is 0. The molecular formula is C9H20ClFN2. The molecule has 0 amide bonds. The monoisotopic (exact) mass is 210 g/mol. The molecule has 0 bridgehead atoms. The molecule has 0 aromatic rings. The second-order valence-electron chi connectivity index (χ2n) is 3.83. The van der Waals surface area contributed by atoms with Crippen LogP contribution < -0.4 is 5.32 Å². The fourth-order valence-corrected chi connectivity index (χ4v) is 1.60. The van der Waals surface area contributed by atoms with Crippen molar-refractivity contribution >= 4 is 12.4 Å². The van der Waals surface area contributed by atoms with Gasteiger partial charge in [0.1, 0.15) is 0 Å². The molecule has 1 aliphatic heterocycles. The molecule has 1 aliphatic rings. The molecule has 1 unspecified atom stereocenters. The second-order valence-corrected chi connectivity index (χ2v) is 3.83. The Balaban J connectivity index is 0.00000144. The topological polar surface area (TPSA) is 15.3 Å². The smallest absolute Gasteiger partial charge is 0.153 e. The highest BCUT2D eigenvalue weighted by molar-refractivity contribution is 5.85. The summed E-state index contributed by atoms with van der Waals surface area (Å²) in [6.07, 6.45) is 2.21. The Morgan fingerprint density at radius 2 is 1.92 bits per heavy atom. The minimum absolute atomic E-state index is 0. The molecule has 1 N–H and O–H groups in total. The molecule has 2 nitrogen and oxygen atoms in total. The summed E-state index contributed by atoms with van der Waals surface area (Å²) >= 11 is 0. The quantitative estimate of drug-likeness (QED) is 0.713. The Morgan fingerprint density at radius 3 is 2.38 bits per heavy atom. The molecule has 0 aromatic heterocycles. The van der Waals surface area contributed by atoms with Gasteiger partial charge in [-0.1, -0.05) is 0 Å². The zero-order valence-corrected chi connectivity index (χ0v) is 9.24. The molecule has 4 heteroatoms. The third-order valence-corrected chi connectivity index (χ3v) is 2.55. The van der Waals surface area contributed by atoms with E-state index in [0.29, 0.717) is 12.3 Å². The maximum Gasteiger partial charge on any atom is 0.153 e. The fourth-order valence-electron chi connectivity index (χ4n) is 1.60. The van der Waals surface area contributed by atoms with Crippen LogP contribution in [0.15, 0.2) is 0 Å². The normalized spacial score (nSPS) is 21.2. The number of nitrogens with one attached hydrogen (secondary N) is 1. The molecule has 1 saturated heterocycles. The molecule has 0 saturated carbocycles. The fraction of sp³-hybridized carbons (Fsp3) is 1.00. The lowest BCUT2D eigenvalue weighted by atomic mass is 9.94. The number of alkyl halides is 1. The van der Waals surface area contributed by atoms with Crippen LogP contribution in [0.25, 0.3) is 0 Å². The van der Waals surface area contributed by atoms with Gasteiger partial charge in [-0.15, -0.1) is 12.4 Å². The first-order valence-electron chi connectivity index (χ1n) is 4.71.